The van der Waals surface area contributed by atoms with Crippen molar-refractivity contribution in [1.29, 1.82) is 0 Å². The van der Waals surface area contributed by atoms with Crippen LogP contribution in [-0.2, 0) is 6.54 Å². The summed E-state index contributed by atoms with van der Waals surface area (Å²) in [6.07, 6.45) is 2.08. The van der Waals surface area contributed by atoms with E-state index in [1.807, 2.05) is 65.6 Å². The Bertz CT molecular complexity index is 1120. The molecule has 4 heteroatoms. The van der Waals surface area contributed by atoms with E-state index in [1.165, 1.54) is 0 Å². The zero-order chi connectivity index (χ0) is 18.2. The normalized spacial score (nSPS) is 16.3. The highest BCUT2D eigenvalue weighted by atomic mass is 16.2. The largest absolute Gasteiger partial charge is 0.348 e. The topological polar surface area (TPSA) is 38.1 Å². The van der Waals surface area contributed by atoms with Gasteiger partial charge in [0.2, 0.25) is 0 Å². The van der Waals surface area contributed by atoms with E-state index in [1.54, 1.807) is 0 Å². The fourth-order valence-corrected chi connectivity index (χ4v) is 3.92. The van der Waals surface area contributed by atoms with E-state index >= 15 is 0 Å². The number of amides is 1. The van der Waals surface area contributed by atoms with E-state index in [0.717, 1.165) is 28.7 Å². The lowest BCUT2D eigenvalue weighted by molar-refractivity contribution is 0.0658. The van der Waals surface area contributed by atoms with Crippen LogP contribution in [0, 0.1) is 0 Å². The Kier molecular flexibility index (Phi) is 3.75. The van der Waals surface area contributed by atoms with Gasteiger partial charge in [0.15, 0.2) is 0 Å². The molecule has 0 fully saturated rings. The zero-order valence-corrected chi connectivity index (χ0v) is 14.8. The molecule has 0 spiro atoms. The molecule has 2 aromatic carbocycles. The molecule has 2 aromatic heterocycles. The van der Waals surface area contributed by atoms with E-state index in [4.69, 9.17) is 0 Å². The van der Waals surface area contributed by atoms with Gasteiger partial charge < -0.3 is 9.47 Å². The van der Waals surface area contributed by atoms with Crippen LogP contribution < -0.4 is 0 Å². The van der Waals surface area contributed by atoms with E-state index in [-0.39, 0.29) is 11.9 Å². The summed E-state index contributed by atoms with van der Waals surface area (Å²) in [5.74, 6) is -0.0259. The summed E-state index contributed by atoms with van der Waals surface area (Å²) < 4.78 is 2.23. The molecule has 1 unspecified atom stereocenters. The first-order chi connectivity index (χ1) is 13.3. The Labute approximate surface area is 157 Å². The number of nitrogens with zero attached hydrogens (tertiary/aromatic N) is 3. The van der Waals surface area contributed by atoms with E-state index in [2.05, 4.69) is 33.9 Å². The van der Waals surface area contributed by atoms with Crippen molar-refractivity contribution in [1.82, 2.24) is 14.5 Å². The molecule has 5 rings (SSSR count). The van der Waals surface area contributed by atoms with Gasteiger partial charge in [0, 0.05) is 30.4 Å². The first kappa shape index (κ1) is 15.8. The SMILES string of the molecule is O=C(c1ccc2ccccc2n1)N1CCn2cccc2C1c1ccccc1. The molecule has 0 radical (unpaired) electrons. The average molecular weight is 353 g/mol. The fraction of sp³-hybridized carbons (Fsp3) is 0.130. The van der Waals surface area contributed by atoms with Crippen molar-refractivity contribution in [2.75, 3.05) is 6.54 Å². The second-order valence-corrected chi connectivity index (χ2v) is 6.83. The number of pyridine rings is 1. The lowest BCUT2D eigenvalue weighted by Crippen LogP contribution is -2.42. The van der Waals surface area contributed by atoms with E-state index in [9.17, 15) is 4.79 Å². The van der Waals surface area contributed by atoms with Crippen LogP contribution in [0.4, 0.5) is 0 Å². The summed E-state index contributed by atoms with van der Waals surface area (Å²) in [6, 6.07) is 26.0. The molecule has 1 aliphatic heterocycles. The van der Waals surface area contributed by atoms with Gasteiger partial charge in [-0.3, -0.25) is 4.79 Å². The van der Waals surface area contributed by atoms with Crippen molar-refractivity contribution >= 4 is 16.8 Å². The Morgan fingerprint density at radius 2 is 1.67 bits per heavy atom. The number of fused-ring (bicyclic) bond motifs is 2. The van der Waals surface area contributed by atoms with Crippen LogP contribution in [0.5, 0.6) is 0 Å². The molecule has 4 nitrogen and oxygen atoms in total. The molecule has 0 bridgehead atoms. The van der Waals surface area contributed by atoms with Crippen LogP contribution in [0.2, 0.25) is 0 Å². The first-order valence-electron chi connectivity index (χ1n) is 9.18. The monoisotopic (exact) mass is 353 g/mol. The van der Waals surface area contributed by atoms with Gasteiger partial charge in [-0.1, -0.05) is 54.6 Å². The van der Waals surface area contributed by atoms with Gasteiger partial charge in [-0.25, -0.2) is 4.98 Å². The third-order valence-corrected chi connectivity index (χ3v) is 5.23. The second kappa shape index (κ2) is 6.40. The van der Waals surface area contributed by atoms with Crippen molar-refractivity contribution in [3.8, 4) is 0 Å². The number of carbonyl (C=O) groups excluding carboxylic acids is 1. The van der Waals surface area contributed by atoms with E-state index in [0.29, 0.717) is 12.2 Å². The minimum atomic E-state index is -0.101. The number of aromatic nitrogens is 2. The molecule has 0 saturated carbocycles. The highest BCUT2D eigenvalue weighted by molar-refractivity contribution is 5.95. The van der Waals surface area contributed by atoms with E-state index < -0.39 is 0 Å². The summed E-state index contributed by atoms with van der Waals surface area (Å²) in [5.41, 5.74) is 3.60. The van der Waals surface area contributed by atoms with Crippen molar-refractivity contribution < 1.29 is 4.79 Å². The minimum absolute atomic E-state index is 0.0259. The molecule has 27 heavy (non-hydrogen) atoms. The molecule has 1 aliphatic rings. The summed E-state index contributed by atoms with van der Waals surface area (Å²) in [5, 5.41) is 1.04. The maximum absolute atomic E-state index is 13.4. The Morgan fingerprint density at radius 1 is 0.852 bits per heavy atom. The second-order valence-electron chi connectivity index (χ2n) is 6.83. The van der Waals surface area contributed by atoms with Crippen LogP contribution in [0.1, 0.15) is 27.8 Å². The maximum atomic E-state index is 13.4. The number of hydrogen-bond donors (Lipinski definition) is 0. The molecular weight excluding hydrogens is 334 g/mol. The third-order valence-electron chi connectivity index (χ3n) is 5.23. The predicted octanol–water partition coefficient (Wildman–Crippen LogP) is 4.28. The smallest absolute Gasteiger partial charge is 0.273 e. The van der Waals surface area contributed by atoms with Gasteiger partial charge in [-0.2, -0.15) is 0 Å². The summed E-state index contributed by atoms with van der Waals surface area (Å²) in [6.45, 7) is 1.46. The number of para-hydroxylation sites is 1. The molecule has 3 heterocycles. The molecule has 132 valence electrons. The summed E-state index contributed by atoms with van der Waals surface area (Å²) >= 11 is 0. The zero-order valence-electron chi connectivity index (χ0n) is 14.8. The number of benzene rings is 2. The molecule has 0 N–H and O–H groups in total. The van der Waals surface area contributed by atoms with Crippen molar-refractivity contribution in [3.05, 3.63) is 102 Å². The van der Waals surface area contributed by atoms with Crippen molar-refractivity contribution in [3.63, 3.8) is 0 Å². The Balaban J connectivity index is 1.58. The van der Waals surface area contributed by atoms with Gasteiger partial charge in [0.05, 0.1) is 11.6 Å². The lowest BCUT2D eigenvalue weighted by atomic mass is 9.99. The van der Waals surface area contributed by atoms with Gasteiger partial charge >= 0.3 is 0 Å². The highest BCUT2D eigenvalue weighted by Gasteiger charge is 2.33. The summed E-state index contributed by atoms with van der Waals surface area (Å²) in [4.78, 5) is 20.0. The van der Waals surface area contributed by atoms with Crippen LogP contribution in [0.25, 0.3) is 10.9 Å². The van der Waals surface area contributed by atoms with Crippen LogP contribution >= 0.6 is 0 Å². The number of carbonyl (C=O) groups is 1. The standard InChI is InChI=1S/C23H19N3O/c27-23(20-13-12-17-7-4-5-10-19(17)24-20)26-16-15-25-14-6-11-21(25)22(26)18-8-2-1-3-9-18/h1-14,22H,15-16H2. The minimum Gasteiger partial charge on any atom is -0.348 e. The van der Waals surface area contributed by atoms with Crippen molar-refractivity contribution in [2.24, 2.45) is 0 Å². The molecule has 1 amide bonds. The fourth-order valence-electron chi connectivity index (χ4n) is 3.92. The molecule has 1 atom stereocenters. The van der Waals surface area contributed by atoms with Crippen molar-refractivity contribution in [2.45, 2.75) is 12.6 Å². The van der Waals surface area contributed by atoms with Gasteiger partial charge in [-0.15, -0.1) is 0 Å². The molecule has 0 saturated heterocycles. The summed E-state index contributed by atoms with van der Waals surface area (Å²) in [7, 11) is 0. The average Bonchev–Trinajstić information content (AvgIpc) is 3.21. The predicted molar refractivity (Wildman–Crippen MR) is 105 cm³/mol. The quantitative estimate of drug-likeness (QED) is 0.539. The third kappa shape index (κ3) is 2.70. The molecule has 4 aromatic rings. The molecular formula is C23H19N3O. The highest BCUT2D eigenvalue weighted by Crippen LogP contribution is 2.33. The Hall–Kier alpha value is -3.40. The first-order valence-corrected chi connectivity index (χ1v) is 9.18. The molecule has 0 aliphatic carbocycles. The van der Waals surface area contributed by atoms with Gasteiger partial charge in [-0.05, 0) is 29.8 Å². The van der Waals surface area contributed by atoms with Crippen LogP contribution in [0.15, 0.2) is 85.1 Å². The Morgan fingerprint density at radius 3 is 2.56 bits per heavy atom. The lowest BCUT2D eigenvalue weighted by Gasteiger charge is -2.37. The number of hydrogen-bond acceptors (Lipinski definition) is 2. The van der Waals surface area contributed by atoms with Gasteiger partial charge in [0.25, 0.3) is 5.91 Å². The van der Waals surface area contributed by atoms with Gasteiger partial charge in [0.1, 0.15) is 5.69 Å². The van der Waals surface area contributed by atoms with Crippen LogP contribution in [-0.4, -0.2) is 26.9 Å². The maximum Gasteiger partial charge on any atom is 0.273 e. The van der Waals surface area contributed by atoms with Crippen LogP contribution in [0.3, 0.4) is 0 Å². The number of rotatable bonds is 2.